The number of likely N-dealkylation sites (N-methyl/N-ethyl adjacent to an activating group) is 1. The van der Waals surface area contributed by atoms with Crippen molar-refractivity contribution < 1.29 is 14.2 Å². The van der Waals surface area contributed by atoms with Gasteiger partial charge in [0.25, 0.3) is 0 Å². The van der Waals surface area contributed by atoms with Crippen LogP contribution in [-0.2, 0) is 0 Å². The Balaban J connectivity index is 1.65. The Bertz CT molecular complexity index is 1210. The number of ether oxygens (including phenoxy) is 3. The molecule has 0 N–H and O–H groups in total. The third-order valence-corrected chi connectivity index (χ3v) is 5.90. The lowest BCUT2D eigenvalue weighted by atomic mass is 10.1. The minimum Gasteiger partial charge on any atom is -0.494 e. The van der Waals surface area contributed by atoms with Gasteiger partial charge in [0.1, 0.15) is 29.6 Å². The number of hydrogen-bond acceptors (Lipinski definition) is 5. The summed E-state index contributed by atoms with van der Waals surface area (Å²) in [6.45, 7) is 10.6. The highest BCUT2D eigenvalue weighted by Gasteiger charge is 2.12. The molecule has 0 saturated carbocycles. The van der Waals surface area contributed by atoms with Gasteiger partial charge in [0, 0.05) is 23.6 Å². The van der Waals surface area contributed by atoms with E-state index in [4.69, 9.17) is 19.2 Å². The van der Waals surface area contributed by atoms with Gasteiger partial charge in [-0.05, 0) is 74.1 Å². The van der Waals surface area contributed by atoms with E-state index in [1.165, 1.54) is 0 Å². The highest BCUT2D eigenvalue weighted by Crippen LogP contribution is 2.34. The molecule has 0 fully saturated rings. The van der Waals surface area contributed by atoms with Gasteiger partial charge in [-0.15, -0.1) is 0 Å². The van der Waals surface area contributed by atoms with Gasteiger partial charge in [-0.1, -0.05) is 39.0 Å². The summed E-state index contributed by atoms with van der Waals surface area (Å²) in [5.74, 6) is 3.23. The normalized spacial score (nSPS) is 11.1. The minimum absolute atomic E-state index is 0.605. The molecule has 3 aromatic carbocycles. The molecule has 0 bridgehead atoms. The van der Waals surface area contributed by atoms with Gasteiger partial charge in [0.15, 0.2) is 0 Å². The van der Waals surface area contributed by atoms with Crippen molar-refractivity contribution in [2.45, 2.75) is 27.2 Å². The molecule has 0 radical (unpaired) electrons. The zero-order chi connectivity index (χ0) is 24.5. The molecule has 4 rings (SSSR count). The second-order valence-corrected chi connectivity index (χ2v) is 8.35. The van der Waals surface area contributed by atoms with E-state index in [-0.39, 0.29) is 0 Å². The van der Waals surface area contributed by atoms with Crippen LogP contribution < -0.4 is 14.2 Å². The summed E-state index contributed by atoms with van der Waals surface area (Å²) in [6, 6.07) is 25.9. The lowest BCUT2D eigenvalue weighted by Gasteiger charge is -2.19. The van der Waals surface area contributed by atoms with Crippen LogP contribution in [0.5, 0.6) is 23.0 Å². The zero-order valence-corrected chi connectivity index (χ0v) is 20.9. The van der Waals surface area contributed by atoms with Crippen LogP contribution in [-0.4, -0.2) is 42.7 Å². The molecule has 0 saturated heterocycles. The van der Waals surface area contributed by atoms with E-state index in [0.29, 0.717) is 13.2 Å². The summed E-state index contributed by atoms with van der Waals surface area (Å²) in [7, 11) is 0. The summed E-state index contributed by atoms with van der Waals surface area (Å²) in [5, 5.41) is 0.935. The quantitative estimate of drug-likeness (QED) is 0.219. The van der Waals surface area contributed by atoms with Crippen LogP contribution in [0.15, 0.2) is 78.9 Å². The first-order chi connectivity index (χ1) is 17.2. The Kier molecular flexibility index (Phi) is 8.58. The van der Waals surface area contributed by atoms with E-state index in [0.717, 1.165) is 71.2 Å². The van der Waals surface area contributed by atoms with Gasteiger partial charge >= 0.3 is 0 Å². The molecule has 5 heteroatoms. The lowest BCUT2D eigenvalue weighted by Crippen LogP contribution is -2.27. The molecular weight excluding hydrogens is 436 g/mol. The minimum atomic E-state index is 0.605. The van der Waals surface area contributed by atoms with Gasteiger partial charge in [0.2, 0.25) is 0 Å². The summed E-state index contributed by atoms with van der Waals surface area (Å²) >= 11 is 0. The van der Waals surface area contributed by atoms with E-state index in [9.17, 15) is 0 Å². The highest BCUT2D eigenvalue weighted by molar-refractivity contribution is 5.89. The van der Waals surface area contributed by atoms with Crippen LogP contribution in [0.3, 0.4) is 0 Å². The highest BCUT2D eigenvalue weighted by atomic mass is 16.5. The summed E-state index contributed by atoms with van der Waals surface area (Å²) in [5.41, 5.74) is 2.76. The van der Waals surface area contributed by atoms with Gasteiger partial charge in [-0.3, -0.25) is 0 Å². The Morgan fingerprint density at radius 2 is 1.46 bits per heavy atom. The molecular formula is C30H34N2O3. The van der Waals surface area contributed by atoms with Crippen molar-refractivity contribution in [1.82, 2.24) is 9.88 Å². The molecule has 0 aliphatic rings. The number of benzene rings is 3. The van der Waals surface area contributed by atoms with Gasteiger partial charge in [0.05, 0.1) is 17.8 Å². The third kappa shape index (κ3) is 6.52. The number of pyridine rings is 1. The number of rotatable bonds is 12. The van der Waals surface area contributed by atoms with E-state index >= 15 is 0 Å². The van der Waals surface area contributed by atoms with Crippen LogP contribution in [0.2, 0.25) is 0 Å². The third-order valence-electron chi connectivity index (χ3n) is 5.90. The van der Waals surface area contributed by atoms with Crippen molar-refractivity contribution in [1.29, 1.82) is 0 Å². The SMILES string of the molecule is CCCOc1ccc(-c2cc(OCCN(CC)CC)c3cc(Oc4ccccc4)ccc3n2)cc1. The Labute approximate surface area is 208 Å². The Morgan fingerprint density at radius 1 is 0.714 bits per heavy atom. The number of nitrogens with zero attached hydrogens (tertiary/aromatic N) is 2. The molecule has 0 atom stereocenters. The van der Waals surface area contributed by atoms with Crippen molar-refractivity contribution >= 4 is 10.9 Å². The molecule has 0 unspecified atom stereocenters. The zero-order valence-electron chi connectivity index (χ0n) is 20.9. The predicted octanol–water partition coefficient (Wildman–Crippen LogP) is 7.20. The van der Waals surface area contributed by atoms with Crippen LogP contribution >= 0.6 is 0 Å². The summed E-state index contributed by atoms with van der Waals surface area (Å²) in [4.78, 5) is 7.29. The summed E-state index contributed by atoms with van der Waals surface area (Å²) < 4.78 is 18.1. The first-order valence-corrected chi connectivity index (χ1v) is 12.5. The van der Waals surface area contributed by atoms with Gasteiger partial charge < -0.3 is 19.1 Å². The first kappa shape index (κ1) is 24.6. The topological polar surface area (TPSA) is 43.8 Å². The van der Waals surface area contributed by atoms with E-state index in [1.807, 2.05) is 78.9 Å². The second kappa shape index (κ2) is 12.2. The fraction of sp³-hybridized carbons (Fsp3) is 0.300. The molecule has 35 heavy (non-hydrogen) atoms. The Hall–Kier alpha value is -3.57. The number of aromatic nitrogens is 1. The predicted molar refractivity (Wildman–Crippen MR) is 143 cm³/mol. The van der Waals surface area contributed by atoms with E-state index < -0.39 is 0 Å². The van der Waals surface area contributed by atoms with Crippen molar-refractivity contribution in [2.75, 3.05) is 32.8 Å². The van der Waals surface area contributed by atoms with Gasteiger partial charge in [-0.25, -0.2) is 4.98 Å². The molecule has 5 nitrogen and oxygen atoms in total. The molecule has 1 aromatic heterocycles. The lowest BCUT2D eigenvalue weighted by molar-refractivity contribution is 0.224. The average molecular weight is 471 g/mol. The Morgan fingerprint density at radius 3 is 2.17 bits per heavy atom. The fourth-order valence-corrected chi connectivity index (χ4v) is 3.90. The van der Waals surface area contributed by atoms with Crippen LogP contribution in [0.1, 0.15) is 27.2 Å². The van der Waals surface area contributed by atoms with Crippen molar-refractivity contribution in [3.05, 3.63) is 78.9 Å². The molecule has 0 spiro atoms. The number of hydrogen-bond donors (Lipinski definition) is 0. The van der Waals surface area contributed by atoms with Gasteiger partial charge in [-0.2, -0.15) is 0 Å². The monoisotopic (exact) mass is 470 g/mol. The molecule has 0 aliphatic carbocycles. The fourth-order valence-electron chi connectivity index (χ4n) is 3.90. The van der Waals surface area contributed by atoms with E-state index in [2.05, 4.69) is 25.7 Å². The standard InChI is InChI=1S/C30H34N2O3/c1-4-19-33-24-14-12-23(13-15-24)29-22-30(34-20-18-32(5-2)6-3)27-21-26(16-17-28(27)31-29)35-25-10-8-7-9-11-25/h7-17,21-22H,4-6,18-20H2,1-3H3. The maximum Gasteiger partial charge on any atom is 0.131 e. The van der Waals surface area contributed by atoms with Crippen LogP contribution in [0, 0.1) is 0 Å². The molecule has 4 aromatic rings. The van der Waals surface area contributed by atoms with Crippen molar-refractivity contribution in [2.24, 2.45) is 0 Å². The first-order valence-electron chi connectivity index (χ1n) is 12.5. The van der Waals surface area contributed by atoms with Crippen molar-refractivity contribution in [3.63, 3.8) is 0 Å². The maximum absolute atomic E-state index is 6.34. The smallest absolute Gasteiger partial charge is 0.131 e. The summed E-state index contributed by atoms with van der Waals surface area (Å²) in [6.07, 6.45) is 0.984. The second-order valence-electron chi connectivity index (χ2n) is 8.35. The van der Waals surface area contributed by atoms with E-state index in [1.54, 1.807) is 0 Å². The molecule has 182 valence electrons. The maximum atomic E-state index is 6.34. The number of para-hydroxylation sites is 1. The molecule has 0 amide bonds. The number of fused-ring (bicyclic) bond motifs is 1. The van der Waals surface area contributed by atoms with Crippen LogP contribution in [0.4, 0.5) is 0 Å². The largest absolute Gasteiger partial charge is 0.494 e. The van der Waals surface area contributed by atoms with Crippen LogP contribution in [0.25, 0.3) is 22.2 Å². The average Bonchev–Trinajstić information content (AvgIpc) is 2.91. The molecule has 1 heterocycles. The van der Waals surface area contributed by atoms with Crippen molar-refractivity contribution in [3.8, 4) is 34.3 Å². The molecule has 0 aliphatic heterocycles.